The van der Waals surface area contributed by atoms with E-state index in [2.05, 4.69) is 5.92 Å². The van der Waals surface area contributed by atoms with Crippen LogP contribution in [0.3, 0.4) is 0 Å². The van der Waals surface area contributed by atoms with E-state index in [0.29, 0.717) is 17.1 Å². The summed E-state index contributed by atoms with van der Waals surface area (Å²) in [6.07, 6.45) is 4.98. The van der Waals surface area contributed by atoms with Crippen molar-refractivity contribution in [2.24, 2.45) is 0 Å². The van der Waals surface area contributed by atoms with E-state index in [1.165, 1.54) is 0 Å². The van der Waals surface area contributed by atoms with Crippen molar-refractivity contribution in [1.29, 1.82) is 0 Å². The summed E-state index contributed by atoms with van der Waals surface area (Å²) in [6, 6.07) is 5.06. The molecule has 4 nitrogen and oxygen atoms in total. The lowest BCUT2D eigenvalue weighted by molar-refractivity contribution is 0.174. The highest BCUT2D eigenvalue weighted by atomic mass is 32.2. The highest BCUT2D eigenvalue weighted by Crippen LogP contribution is 2.32. The molecule has 0 fully saturated rings. The maximum atomic E-state index is 11.5. The first-order valence-electron chi connectivity index (χ1n) is 4.63. The van der Waals surface area contributed by atoms with E-state index < -0.39 is 9.84 Å². The summed E-state index contributed by atoms with van der Waals surface area (Å²) < 4.78 is 33.3. The van der Waals surface area contributed by atoms with Crippen LogP contribution in [0.1, 0.15) is 5.56 Å². The molecule has 0 saturated carbocycles. The van der Waals surface area contributed by atoms with Gasteiger partial charge in [0.15, 0.2) is 21.3 Å². The van der Waals surface area contributed by atoms with E-state index in [9.17, 15) is 8.42 Å². The van der Waals surface area contributed by atoms with E-state index in [0.717, 1.165) is 0 Å². The minimum Gasteiger partial charge on any atom is -0.454 e. The van der Waals surface area contributed by atoms with Crippen LogP contribution in [0.25, 0.3) is 0 Å². The van der Waals surface area contributed by atoms with Crippen LogP contribution in [-0.2, 0) is 15.6 Å². The lowest BCUT2D eigenvalue weighted by atomic mass is 10.2. The largest absolute Gasteiger partial charge is 0.454 e. The molecule has 0 N–H and O–H groups in total. The van der Waals surface area contributed by atoms with Crippen LogP contribution in [0.15, 0.2) is 18.2 Å². The molecular formula is C11H10O4S. The number of hydrogen-bond acceptors (Lipinski definition) is 4. The van der Waals surface area contributed by atoms with Crippen molar-refractivity contribution < 1.29 is 17.9 Å². The molecule has 1 aromatic carbocycles. The van der Waals surface area contributed by atoms with Gasteiger partial charge in [0.25, 0.3) is 0 Å². The van der Waals surface area contributed by atoms with E-state index >= 15 is 0 Å². The van der Waals surface area contributed by atoms with Gasteiger partial charge in [-0.3, -0.25) is 0 Å². The Labute approximate surface area is 94.1 Å². The summed E-state index contributed by atoms with van der Waals surface area (Å²) in [4.78, 5) is 0. The van der Waals surface area contributed by atoms with Crippen LogP contribution in [0.2, 0.25) is 0 Å². The number of fused-ring (bicyclic) bond motifs is 1. The molecule has 0 bridgehead atoms. The smallest absolute Gasteiger partial charge is 0.231 e. The third kappa shape index (κ3) is 2.28. The highest BCUT2D eigenvalue weighted by molar-refractivity contribution is 7.90. The van der Waals surface area contributed by atoms with Crippen LogP contribution in [-0.4, -0.2) is 21.0 Å². The number of hydrogen-bond donors (Lipinski definition) is 0. The van der Waals surface area contributed by atoms with Crippen molar-refractivity contribution in [3.05, 3.63) is 23.8 Å². The molecule has 0 radical (unpaired) electrons. The molecule has 16 heavy (non-hydrogen) atoms. The van der Waals surface area contributed by atoms with Crippen LogP contribution >= 0.6 is 0 Å². The lowest BCUT2D eigenvalue weighted by Gasteiger charge is -2.02. The van der Waals surface area contributed by atoms with Gasteiger partial charge in [-0.25, -0.2) is 8.42 Å². The highest BCUT2D eigenvalue weighted by Gasteiger charge is 2.16. The first-order valence-corrected chi connectivity index (χ1v) is 6.45. The van der Waals surface area contributed by atoms with Crippen molar-refractivity contribution in [3.8, 4) is 23.8 Å². The van der Waals surface area contributed by atoms with E-state index in [1.54, 1.807) is 18.2 Å². The normalized spacial score (nSPS) is 13.4. The third-order valence-electron chi connectivity index (χ3n) is 2.13. The molecule has 1 aliphatic heterocycles. The Morgan fingerprint density at radius 2 is 2.06 bits per heavy atom. The van der Waals surface area contributed by atoms with Gasteiger partial charge in [-0.15, -0.1) is 6.42 Å². The summed E-state index contributed by atoms with van der Waals surface area (Å²) >= 11 is 0. The molecule has 0 aliphatic carbocycles. The quantitative estimate of drug-likeness (QED) is 0.736. The SMILES string of the molecule is C#CCS(=O)(=O)Cc1ccc2c(c1)OCO2. The number of ether oxygens (including phenoxy) is 2. The Kier molecular flexibility index (Phi) is 2.75. The van der Waals surface area contributed by atoms with Crippen LogP contribution in [0, 0.1) is 12.3 Å². The maximum absolute atomic E-state index is 11.5. The first kappa shape index (κ1) is 10.8. The Bertz CT molecular complexity index is 540. The minimum atomic E-state index is -3.23. The van der Waals surface area contributed by atoms with Gasteiger partial charge in [0, 0.05) is 0 Å². The molecule has 0 saturated heterocycles. The van der Waals surface area contributed by atoms with Gasteiger partial charge in [-0.2, -0.15) is 0 Å². The van der Waals surface area contributed by atoms with E-state index in [-0.39, 0.29) is 18.3 Å². The van der Waals surface area contributed by atoms with E-state index in [4.69, 9.17) is 15.9 Å². The number of benzene rings is 1. The zero-order valence-electron chi connectivity index (χ0n) is 8.47. The summed E-state index contributed by atoms with van der Waals surface area (Å²) in [7, 11) is -3.23. The van der Waals surface area contributed by atoms with Crippen molar-refractivity contribution in [1.82, 2.24) is 0 Å². The summed E-state index contributed by atoms with van der Waals surface area (Å²) in [5.74, 6) is 3.03. The fraction of sp³-hybridized carbons (Fsp3) is 0.273. The monoisotopic (exact) mass is 238 g/mol. The molecule has 0 aromatic heterocycles. The van der Waals surface area contributed by atoms with Crippen molar-refractivity contribution >= 4 is 9.84 Å². The Morgan fingerprint density at radius 1 is 1.31 bits per heavy atom. The standard InChI is InChI=1S/C11H10O4S/c1-2-5-16(12,13)7-9-3-4-10-11(6-9)15-8-14-10/h1,3-4,6H,5,7-8H2. The minimum absolute atomic E-state index is 0.0756. The van der Waals surface area contributed by atoms with Gasteiger partial charge in [0.2, 0.25) is 6.79 Å². The van der Waals surface area contributed by atoms with Gasteiger partial charge in [0.1, 0.15) is 5.75 Å². The number of sulfone groups is 1. The summed E-state index contributed by atoms with van der Waals surface area (Å²) in [5, 5.41) is 0. The van der Waals surface area contributed by atoms with Crippen molar-refractivity contribution in [2.75, 3.05) is 12.5 Å². The van der Waals surface area contributed by atoms with Gasteiger partial charge < -0.3 is 9.47 Å². The maximum Gasteiger partial charge on any atom is 0.231 e. The predicted molar refractivity (Wildman–Crippen MR) is 58.9 cm³/mol. The Hall–Kier alpha value is -1.67. The molecule has 0 spiro atoms. The Balaban J connectivity index is 2.21. The van der Waals surface area contributed by atoms with Crippen LogP contribution in [0.4, 0.5) is 0 Å². The fourth-order valence-electron chi connectivity index (χ4n) is 1.46. The Morgan fingerprint density at radius 3 is 2.81 bits per heavy atom. The summed E-state index contributed by atoms with van der Waals surface area (Å²) in [6.45, 7) is 0.176. The second-order valence-electron chi connectivity index (χ2n) is 3.42. The fourth-order valence-corrected chi connectivity index (χ4v) is 2.51. The van der Waals surface area contributed by atoms with Crippen molar-refractivity contribution in [2.45, 2.75) is 5.75 Å². The molecule has 2 rings (SSSR count). The predicted octanol–water partition coefficient (Wildman–Crippen LogP) is 0.963. The zero-order chi connectivity index (χ0) is 11.6. The second-order valence-corrected chi connectivity index (χ2v) is 5.49. The van der Waals surface area contributed by atoms with Crippen molar-refractivity contribution in [3.63, 3.8) is 0 Å². The molecule has 1 aliphatic rings. The van der Waals surface area contributed by atoms with Crippen LogP contribution in [0.5, 0.6) is 11.5 Å². The second kappa shape index (κ2) is 4.06. The van der Waals surface area contributed by atoms with E-state index in [1.807, 2.05) is 0 Å². The average Bonchev–Trinajstić information content (AvgIpc) is 2.63. The molecular weight excluding hydrogens is 228 g/mol. The average molecular weight is 238 g/mol. The molecule has 5 heteroatoms. The topological polar surface area (TPSA) is 52.6 Å². The summed E-state index contributed by atoms with van der Waals surface area (Å²) in [5.41, 5.74) is 0.652. The molecule has 0 unspecified atom stereocenters. The molecule has 84 valence electrons. The molecule has 1 aromatic rings. The third-order valence-corrected chi connectivity index (χ3v) is 3.51. The van der Waals surface area contributed by atoms with Gasteiger partial charge in [0.05, 0.1) is 5.75 Å². The zero-order valence-corrected chi connectivity index (χ0v) is 9.29. The first-order chi connectivity index (χ1) is 7.61. The molecule has 0 atom stereocenters. The van der Waals surface area contributed by atoms with Gasteiger partial charge in [-0.05, 0) is 17.7 Å². The number of rotatable bonds is 3. The molecule has 1 heterocycles. The number of terminal acetylenes is 1. The van der Waals surface area contributed by atoms with Gasteiger partial charge in [-0.1, -0.05) is 12.0 Å². The lowest BCUT2D eigenvalue weighted by Crippen LogP contribution is -2.07. The van der Waals surface area contributed by atoms with Gasteiger partial charge >= 0.3 is 0 Å². The van der Waals surface area contributed by atoms with Crippen LogP contribution < -0.4 is 9.47 Å². The molecule has 0 amide bonds.